The maximum Gasteiger partial charge on any atom is 0.144 e. The van der Waals surface area contributed by atoms with E-state index in [0.717, 1.165) is 11.3 Å². The lowest BCUT2D eigenvalue weighted by molar-refractivity contribution is 0.400. The van der Waals surface area contributed by atoms with Gasteiger partial charge in [-0.2, -0.15) is 0 Å². The van der Waals surface area contributed by atoms with Crippen LogP contribution in [0.2, 0.25) is 0 Å². The first-order chi connectivity index (χ1) is 10.0. The van der Waals surface area contributed by atoms with Gasteiger partial charge in [-0.05, 0) is 41.1 Å². The Morgan fingerprint density at radius 2 is 1.90 bits per heavy atom. The number of para-hydroxylation sites is 1. The number of methoxy groups -OCH3 is 1. The van der Waals surface area contributed by atoms with Gasteiger partial charge in [0, 0.05) is 23.7 Å². The van der Waals surface area contributed by atoms with E-state index in [4.69, 9.17) is 4.74 Å². The lowest BCUT2D eigenvalue weighted by Crippen LogP contribution is -2.20. The maximum atomic E-state index is 13.9. The van der Waals surface area contributed by atoms with E-state index in [9.17, 15) is 8.78 Å². The summed E-state index contributed by atoms with van der Waals surface area (Å²) in [5.74, 6) is -0.391. The lowest BCUT2D eigenvalue weighted by Gasteiger charge is -2.18. The van der Waals surface area contributed by atoms with Crippen molar-refractivity contribution in [2.24, 2.45) is 0 Å². The number of benzene rings is 2. The molecule has 0 saturated carbocycles. The predicted molar refractivity (Wildman–Crippen MR) is 82.3 cm³/mol. The third-order valence-corrected chi connectivity index (χ3v) is 3.94. The van der Waals surface area contributed by atoms with E-state index in [1.807, 2.05) is 31.2 Å². The minimum Gasteiger partial charge on any atom is -0.496 e. The van der Waals surface area contributed by atoms with E-state index in [2.05, 4.69) is 21.2 Å². The molecule has 0 unspecified atom stereocenters. The van der Waals surface area contributed by atoms with E-state index in [1.165, 1.54) is 12.1 Å². The number of hydrogen-bond donors (Lipinski definition) is 1. The van der Waals surface area contributed by atoms with E-state index in [1.54, 1.807) is 7.11 Å². The van der Waals surface area contributed by atoms with Crippen LogP contribution in [0.5, 0.6) is 5.75 Å². The molecule has 0 aliphatic heterocycles. The molecule has 0 fully saturated rings. The van der Waals surface area contributed by atoms with Gasteiger partial charge >= 0.3 is 0 Å². The van der Waals surface area contributed by atoms with Crippen LogP contribution in [0.4, 0.5) is 8.78 Å². The minimum atomic E-state index is -0.574. The number of hydrogen-bond acceptors (Lipinski definition) is 2. The van der Waals surface area contributed by atoms with E-state index >= 15 is 0 Å². The van der Waals surface area contributed by atoms with Crippen molar-refractivity contribution in [3.63, 3.8) is 0 Å². The van der Waals surface area contributed by atoms with Crippen molar-refractivity contribution in [1.29, 1.82) is 0 Å². The lowest BCUT2D eigenvalue weighted by atomic mass is 10.1. The highest BCUT2D eigenvalue weighted by molar-refractivity contribution is 9.10. The molecule has 21 heavy (non-hydrogen) atoms. The van der Waals surface area contributed by atoms with E-state index in [-0.39, 0.29) is 22.6 Å². The zero-order valence-corrected chi connectivity index (χ0v) is 13.4. The fourth-order valence-electron chi connectivity index (χ4n) is 2.12. The van der Waals surface area contributed by atoms with Crippen molar-refractivity contribution in [3.05, 3.63) is 63.6 Å². The standard InChI is InChI=1S/C16H16BrF2NO/c1-10(11-5-3-4-6-15(11)21-2)20-9-12-14(18)8-7-13(17)16(12)19/h3-8,10,20H,9H2,1-2H3/t10-/m0/s1. The van der Waals surface area contributed by atoms with Gasteiger partial charge in [0.15, 0.2) is 0 Å². The van der Waals surface area contributed by atoms with Gasteiger partial charge in [0.05, 0.1) is 11.6 Å². The van der Waals surface area contributed by atoms with Crippen LogP contribution in [0.1, 0.15) is 24.1 Å². The quantitative estimate of drug-likeness (QED) is 0.792. The monoisotopic (exact) mass is 355 g/mol. The van der Waals surface area contributed by atoms with Crippen molar-refractivity contribution < 1.29 is 13.5 Å². The summed E-state index contributed by atoms with van der Waals surface area (Å²) in [7, 11) is 1.60. The number of halogens is 3. The first kappa shape index (κ1) is 15.9. The van der Waals surface area contributed by atoms with Crippen LogP contribution in [0.3, 0.4) is 0 Å². The van der Waals surface area contributed by atoms with Crippen LogP contribution in [0.15, 0.2) is 40.9 Å². The van der Waals surface area contributed by atoms with Crippen molar-refractivity contribution in [2.75, 3.05) is 7.11 Å². The molecule has 2 nitrogen and oxygen atoms in total. The molecule has 0 spiro atoms. The molecule has 5 heteroatoms. The summed E-state index contributed by atoms with van der Waals surface area (Å²) < 4.78 is 33.2. The van der Waals surface area contributed by atoms with Gasteiger partial charge < -0.3 is 10.1 Å². The van der Waals surface area contributed by atoms with Gasteiger partial charge in [-0.15, -0.1) is 0 Å². The Morgan fingerprint density at radius 1 is 1.19 bits per heavy atom. The molecule has 2 aromatic rings. The zero-order valence-electron chi connectivity index (χ0n) is 11.8. The summed E-state index contributed by atoms with van der Waals surface area (Å²) in [6, 6.07) is 10.1. The Bertz CT molecular complexity index is 634. The molecule has 0 aliphatic carbocycles. The second-order valence-corrected chi connectivity index (χ2v) is 5.52. The van der Waals surface area contributed by atoms with Crippen molar-refractivity contribution in [3.8, 4) is 5.75 Å². The minimum absolute atomic E-state index is 0.0196. The van der Waals surface area contributed by atoms with E-state index < -0.39 is 11.6 Å². The summed E-state index contributed by atoms with van der Waals surface area (Å²) in [5, 5.41) is 3.12. The van der Waals surface area contributed by atoms with Crippen LogP contribution in [-0.2, 0) is 6.54 Å². The fourth-order valence-corrected chi connectivity index (χ4v) is 2.49. The Labute approximate surface area is 131 Å². The Kier molecular flexibility index (Phi) is 5.31. The number of nitrogens with one attached hydrogen (secondary N) is 1. The van der Waals surface area contributed by atoms with Crippen molar-refractivity contribution in [2.45, 2.75) is 19.5 Å². The molecule has 112 valence electrons. The third kappa shape index (κ3) is 3.60. The van der Waals surface area contributed by atoms with Crippen LogP contribution in [0, 0.1) is 11.6 Å². The SMILES string of the molecule is COc1ccccc1[C@H](C)NCc1c(F)ccc(Br)c1F. The van der Waals surface area contributed by atoms with Crippen LogP contribution < -0.4 is 10.1 Å². The number of rotatable bonds is 5. The Balaban J connectivity index is 2.15. The molecule has 0 heterocycles. The molecule has 2 aromatic carbocycles. The molecule has 0 aliphatic rings. The van der Waals surface area contributed by atoms with E-state index in [0.29, 0.717) is 0 Å². The summed E-state index contributed by atoms with van der Waals surface area (Å²) in [4.78, 5) is 0. The molecule has 0 bridgehead atoms. The highest BCUT2D eigenvalue weighted by atomic mass is 79.9. The van der Waals surface area contributed by atoms with Crippen molar-refractivity contribution in [1.82, 2.24) is 5.32 Å². The van der Waals surface area contributed by atoms with Crippen LogP contribution in [-0.4, -0.2) is 7.11 Å². The molecule has 0 radical (unpaired) electrons. The smallest absolute Gasteiger partial charge is 0.144 e. The van der Waals surface area contributed by atoms with Crippen molar-refractivity contribution >= 4 is 15.9 Å². The number of ether oxygens (including phenoxy) is 1. The largest absolute Gasteiger partial charge is 0.496 e. The molecule has 0 aromatic heterocycles. The molecule has 0 amide bonds. The highest BCUT2D eigenvalue weighted by Crippen LogP contribution is 2.26. The second kappa shape index (κ2) is 7.00. The Morgan fingerprint density at radius 3 is 2.62 bits per heavy atom. The van der Waals surface area contributed by atoms with Gasteiger partial charge in [-0.25, -0.2) is 8.78 Å². The van der Waals surface area contributed by atoms with Crippen LogP contribution >= 0.6 is 15.9 Å². The predicted octanol–water partition coefficient (Wildman–Crippen LogP) is 4.59. The van der Waals surface area contributed by atoms with Gasteiger partial charge in [0.25, 0.3) is 0 Å². The summed E-state index contributed by atoms with van der Waals surface area (Å²) in [6.45, 7) is 2.02. The average molecular weight is 356 g/mol. The second-order valence-electron chi connectivity index (χ2n) is 4.67. The highest BCUT2D eigenvalue weighted by Gasteiger charge is 2.15. The normalized spacial score (nSPS) is 12.2. The third-order valence-electron chi connectivity index (χ3n) is 3.33. The average Bonchev–Trinajstić information content (AvgIpc) is 2.50. The zero-order chi connectivity index (χ0) is 15.4. The molecular formula is C16H16BrF2NO. The van der Waals surface area contributed by atoms with Crippen LogP contribution in [0.25, 0.3) is 0 Å². The first-order valence-corrected chi connectivity index (χ1v) is 7.32. The fraction of sp³-hybridized carbons (Fsp3) is 0.250. The maximum absolute atomic E-state index is 13.9. The molecule has 0 saturated heterocycles. The topological polar surface area (TPSA) is 21.3 Å². The molecule has 1 N–H and O–H groups in total. The summed E-state index contributed by atoms with van der Waals surface area (Å²) >= 11 is 3.07. The summed E-state index contributed by atoms with van der Waals surface area (Å²) in [5.41, 5.74) is 0.960. The first-order valence-electron chi connectivity index (χ1n) is 6.53. The van der Waals surface area contributed by atoms with Gasteiger partial charge in [0.2, 0.25) is 0 Å². The van der Waals surface area contributed by atoms with Gasteiger partial charge in [-0.3, -0.25) is 0 Å². The van der Waals surface area contributed by atoms with Gasteiger partial charge in [-0.1, -0.05) is 18.2 Å². The molecule has 1 atom stereocenters. The molecule has 2 rings (SSSR count). The Hall–Kier alpha value is -1.46. The van der Waals surface area contributed by atoms with Gasteiger partial charge in [0.1, 0.15) is 17.4 Å². The molecular weight excluding hydrogens is 340 g/mol. The summed E-state index contributed by atoms with van der Waals surface area (Å²) in [6.07, 6.45) is 0.